The summed E-state index contributed by atoms with van der Waals surface area (Å²) in [7, 11) is 0. The first-order valence-corrected chi connectivity index (χ1v) is 8.33. The van der Waals surface area contributed by atoms with Gasteiger partial charge in [0.1, 0.15) is 0 Å². The Labute approximate surface area is 124 Å². The van der Waals surface area contributed by atoms with Crippen molar-refractivity contribution >= 4 is 5.69 Å². The molecule has 0 unspecified atom stereocenters. The molecule has 0 aromatic heterocycles. The van der Waals surface area contributed by atoms with Crippen molar-refractivity contribution in [2.75, 3.05) is 18.4 Å². The molecule has 0 atom stereocenters. The molecule has 0 spiro atoms. The van der Waals surface area contributed by atoms with E-state index in [1.807, 2.05) is 0 Å². The van der Waals surface area contributed by atoms with Crippen LogP contribution in [0.5, 0.6) is 0 Å². The number of anilines is 1. The highest BCUT2D eigenvalue weighted by Gasteiger charge is 2.10. The van der Waals surface area contributed by atoms with E-state index in [9.17, 15) is 0 Å². The number of nitrogens with one attached hydrogen (secondary N) is 2. The van der Waals surface area contributed by atoms with Crippen LogP contribution in [-0.2, 0) is 0 Å². The molecule has 0 radical (unpaired) electrons. The van der Waals surface area contributed by atoms with Gasteiger partial charge in [0.05, 0.1) is 0 Å². The van der Waals surface area contributed by atoms with Crippen molar-refractivity contribution in [2.45, 2.75) is 64.3 Å². The van der Waals surface area contributed by atoms with Gasteiger partial charge < -0.3 is 10.6 Å². The molecule has 20 heavy (non-hydrogen) atoms. The van der Waals surface area contributed by atoms with Crippen LogP contribution in [0, 0.1) is 0 Å². The topological polar surface area (TPSA) is 24.1 Å². The quantitative estimate of drug-likeness (QED) is 0.588. The fourth-order valence-corrected chi connectivity index (χ4v) is 2.95. The van der Waals surface area contributed by atoms with Crippen LogP contribution in [0.15, 0.2) is 24.3 Å². The summed E-state index contributed by atoms with van der Waals surface area (Å²) in [6.07, 6.45) is 8.40. The fourth-order valence-electron chi connectivity index (χ4n) is 2.95. The Morgan fingerprint density at radius 2 is 1.60 bits per heavy atom. The van der Waals surface area contributed by atoms with Crippen molar-refractivity contribution in [3.8, 4) is 0 Å². The van der Waals surface area contributed by atoms with Gasteiger partial charge in [0.25, 0.3) is 0 Å². The van der Waals surface area contributed by atoms with Crippen molar-refractivity contribution in [2.24, 2.45) is 0 Å². The van der Waals surface area contributed by atoms with Crippen molar-refractivity contribution in [3.63, 3.8) is 0 Å². The fraction of sp³-hybridized carbons (Fsp3) is 0.667. The smallest absolute Gasteiger partial charge is 0.0340 e. The third-order valence-corrected chi connectivity index (χ3v) is 4.32. The minimum absolute atomic E-state index is 0.612. The normalized spacial score (nSPS) is 17.1. The Bertz CT molecular complexity index is 362. The lowest BCUT2D eigenvalue weighted by molar-refractivity contribution is 0.468. The monoisotopic (exact) mass is 274 g/mol. The van der Waals surface area contributed by atoms with Gasteiger partial charge in [-0.1, -0.05) is 51.7 Å². The van der Waals surface area contributed by atoms with E-state index in [2.05, 4.69) is 48.7 Å². The highest BCUT2D eigenvalue weighted by atomic mass is 15.0. The number of hydrogen-bond donors (Lipinski definition) is 2. The van der Waals surface area contributed by atoms with Gasteiger partial charge >= 0.3 is 0 Å². The minimum Gasteiger partial charge on any atom is -0.384 e. The Hall–Kier alpha value is -1.02. The third kappa shape index (κ3) is 5.16. The molecule has 112 valence electrons. The molecule has 1 aliphatic rings. The summed E-state index contributed by atoms with van der Waals surface area (Å²) in [5.74, 6) is 0.612. The van der Waals surface area contributed by atoms with E-state index in [1.165, 1.54) is 49.8 Å². The molecule has 2 N–H and O–H groups in total. The van der Waals surface area contributed by atoms with E-state index in [4.69, 9.17) is 0 Å². The van der Waals surface area contributed by atoms with Crippen LogP contribution in [0.3, 0.4) is 0 Å². The first-order valence-electron chi connectivity index (χ1n) is 8.33. The molecule has 1 aliphatic carbocycles. The molecule has 0 bridgehead atoms. The number of benzene rings is 1. The van der Waals surface area contributed by atoms with E-state index in [1.54, 1.807) is 0 Å². The molecule has 2 rings (SSSR count). The molecule has 0 aliphatic heterocycles. The zero-order valence-electron chi connectivity index (χ0n) is 13.1. The Morgan fingerprint density at radius 1 is 0.950 bits per heavy atom. The van der Waals surface area contributed by atoms with Gasteiger partial charge in [0.2, 0.25) is 0 Å². The van der Waals surface area contributed by atoms with E-state index < -0.39 is 0 Å². The number of rotatable bonds is 6. The molecular weight excluding hydrogens is 244 g/mol. The predicted octanol–water partition coefficient (Wildman–Crippen LogP) is 4.53. The maximum Gasteiger partial charge on any atom is 0.0340 e. The minimum atomic E-state index is 0.612. The third-order valence-electron chi connectivity index (χ3n) is 4.32. The van der Waals surface area contributed by atoms with Crippen LogP contribution < -0.4 is 10.6 Å². The summed E-state index contributed by atoms with van der Waals surface area (Å²) < 4.78 is 0. The van der Waals surface area contributed by atoms with Crippen LogP contribution in [0.4, 0.5) is 5.69 Å². The van der Waals surface area contributed by atoms with Crippen LogP contribution >= 0.6 is 0 Å². The van der Waals surface area contributed by atoms with Crippen LogP contribution in [-0.4, -0.2) is 19.1 Å². The Kier molecular flexibility index (Phi) is 6.38. The molecule has 0 saturated heterocycles. The highest BCUT2D eigenvalue weighted by molar-refractivity contribution is 5.45. The van der Waals surface area contributed by atoms with E-state index in [0.717, 1.165) is 19.1 Å². The van der Waals surface area contributed by atoms with Gasteiger partial charge in [0, 0.05) is 24.8 Å². The molecule has 0 amide bonds. The molecule has 2 heteroatoms. The standard InChI is InChI=1S/C18H30N2/c1-15(2)16-9-11-18(12-10-16)20-14-13-19-17-7-5-3-4-6-8-17/h9-12,15,17,19-20H,3-8,13-14H2,1-2H3. The Morgan fingerprint density at radius 3 is 2.20 bits per heavy atom. The highest BCUT2D eigenvalue weighted by Crippen LogP contribution is 2.18. The molecular formula is C18H30N2. The van der Waals surface area contributed by atoms with Crippen molar-refractivity contribution < 1.29 is 0 Å². The molecule has 0 heterocycles. The van der Waals surface area contributed by atoms with Gasteiger partial charge in [-0.3, -0.25) is 0 Å². The zero-order chi connectivity index (χ0) is 14.2. The second-order valence-electron chi connectivity index (χ2n) is 6.35. The van der Waals surface area contributed by atoms with Crippen molar-refractivity contribution in [1.29, 1.82) is 0 Å². The lowest BCUT2D eigenvalue weighted by Gasteiger charge is -2.16. The molecule has 1 aromatic rings. The lowest BCUT2D eigenvalue weighted by atomic mass is 10.0. The van der Waals surface area contributed by atoms with Gasteiger partial charge in [-0.15, -0.1) is 0 Å². The average molecular weight is 274 g/mol. The number of hydrogen-bond acceptors (Lipinski definition) is 2. The van der Waals surface area contributed by atoms with E-state index in [-0.39, 0.29) is 0 Å². The maximum absolute atomic E-state index is 3.70. The first kappa shape index (κ1) is 15.4. The predicted molar refractivity (Wildman–Crippen MR) is 88.5 cm³/mol. The molecule has 1 aromatic carbocycles. The van der Waals surface area contributed by atoms with E-state index >= 15 is 0 Å². The second kappa shape index (κ2) is 8.31. The maximum atomic E-state index is 3.70. The van der Waals surface area contributed by atoms with Crippen LogP contribution in [0.25, 0.3) is 0 Å². The van der Waals surface area contributed by atoms with Gasteiger partial charge in [-0.25, -0.2) is 0 Å². The SMILES string of the molecule is CC(C)c1ccc(NCCNC2CCCCCC2)cc1. The summed E-state index contributed by atoms with van der Waals surface area (Å²) in [6, 6.07) is 9.60. The summed E-state index contributed by atoms with van der Waals surface area (Å²) >= 11 is 0. The largest absolute Gasteiger partial charge is 0.384 e. The van der Waals surface area contributed by atoms with Gasteiger partial charge in [-0.2, -0.15) is 0 Å². The molecule has 2 nitrogen and oxygen atoms in total. The zero-order valence-corrected chi connectivity index (χ0v) is 13.1. The lowest BCUT2D eigenvalue weighted by Crippen LogP contribution is -2.32. The summed E-state index contributed by atoms with van der Waals surface area (Å²) in [5.41, 5.74) is 2.64. The first-order chi connectivity index (χ1) is 9.75. The molecule has 1 fully saturated rings. The van der Waals surface area contributed by atoms with E-state index in [0.29, 0.717) is 5.92 Å². The molecule has 1 saturated carbocycles. The van der Waals surface area contributed by atoms with Crippen LogP contribution in [0.1, 0.15) is 63.9 Å². The van der Waals surface area contributed by atoms with Crippen molar-refractivity contribution in [3.05, 3.63) is 29.8 Å². The van der Waals surface area contributed by atoms with Crippen molar-refractivity contribution in [1.82, 2.24) is 5.32 Å². The average Bonchev–Trinajstić information content (AvgIpc) is 2.73. The Balaban J connectivity index is 1.65. The summed E-state index contributed by atoms with van der Waals surface area (Å²) in [5, 5.41) is 7.20. The summed E-state index contributed by atoms with van der Waals surface area (Å²) in [4.78, 5) is 0. The second-order valence-corrected chi connectivity index (χ2v) is 6.35. The van der Waals surface area contributed by atoms with Gasteiger partial charge in [0.15, 0.2) is 0 Å². The van der Waals surface area contributed by atoms with Crippen LogP contribution in [0.2, 0.25) is 0 Å². The summed E-state index contributed by atoms with van der Waals surface area (Å²) in [6.45, 7) is 6.55. The van der Waals surface area contributed by atoms with Gasteiger partial charge in [-0.05, 0) is 36.5 Å².